The lowest BCUT2D eigenvalue weighted by atomic mass is 10.2. The maximum Gasteiger partial charge on any atom is 0.234 e. The maximum absolute atomic E-state index is 11.9. The number of hydrogen-bond acceptors (Lipinski definition) is 3. The van der Waals surface area contributed by atoms with Crippen LogP contribution in [-0.2, 0) is 4.79 Å². The van der Waals surface area contributed by atoms with Crippen molar-refractivity contribution in [3.05, 3.63) is 53.0 Å². The smallest absolute Gasteiger partial charge is 0.234 e. The van der Waals surface area contributed by atoms with Crippen LogP contribution in [0.15, 0.2) is 57.9 Å². The lowest BCUT2D eigenvalue weighted by molar-refractivity contribution is -0.113. The molecule has 2 aromatic rings. The first-order valence-electron chi connectivity index (χ1n) is 6.50. The summed E-state index contributed by atoms with van der Waals surface area (Å²) in [7, 11) is 3.98. The Kier molecular flexibility index (Phi) is 5.70. The summed E-state index contributed by atoms with van der Waals surface area (Å²) in [6, 6.07) is 15.7. The zero-order chi connectivity index (χ0) is 15.2. The number of anilines is 2. The van der Waals surface area contributed by atoms with Crippen molar-refractivity contribution in [2.45, 2.75) is 4.90 Å². The molecule has 21 heavy (non-hydrogen) atoms. The second-order valence-electron chi connectivity index (χ2n) is 4.73. The molecule has 110 valence electrons. The van der Waals surface area contributed by atoms with Crippen LogP contribution in [0.2, 0.25) is 0 Å². The SMILES string of the molecule is CN(C)c1ccc(NC(=O)CSc2ccc(Br)cc2)cc1. The van der Waals surface area contributed by atoms with Gasteiger partial charge in [-0.25, -0.2) is 0 Å². The highest BCUT2D eigenvalue weighted by Crippen LogP contribution is 2.21. The zero-order valence-electron chi connectivity index (χ0n) is 12.0. The van der Waals surface area contributed by atoms with Gasteiger partial charge < -0.3 is 10.2 Å². The van der Waals surface area contributed by atoms with E-state index in [4.69, 9.17) is 0 Å². The van der Waals surface area contributed by atoms with Crippen LogP contribution in [0.3, 0.4) is 0 Å². The normalized spacial score (nSPS) is 10.2. The summed E-state index contributed by atoms with van der Waals surface area (Å²) < 4.78 is 1.04. The number of benzene rings is 2. The molecule has 0 radical (unpaired) electrons. The molecule has 2 aromatic carbocycles. The summed E-state index contributed by atoms with van der Waals surface area (Å²) in [6.45, 7) is 0. The minimum atomic E-state index is 0.000483. The average molecular weight is 365 g/mol. The molecule has 2 rings (SSSR count). The van der Waals surface area contributed by atoms with Crippen molar-refractivity contribution in [3.63, 3.8) is 0 Å². The first kappa shape index (κ1) is 15.9. The van der Waals surface area contributed by atoms with Crippen LogP contribution in [0, 0.1) is 0 Å². The second kappa shape index (κ2) is 7.52. The van der Waals surface area contributed by atoms with E-state index in [0.717, 1.165) is 20.7 Å². The Morgan fingerprint density at radius 2 is 1.71 bits per heavy atom. The Hall–Kier alpha value is -1.46. The predicted octanol–water partition coefficient (Wildman–Crippen LogP) is 4.25. The van der Waals surface area contributed by atoms with Crippen LogP contribution >= 0.6 is 27.7 Å². The van der Waals surface area contributed by atoms with E-state index in [-0.39, 0.29) is 5.91 Å². The van der Waals surface area contributed by atoms with Crippen molar-refractivity contribution in [2.24, 2.45) is 0 Å². The largest absolute Gasteiger partial charge is 0.378 e. The highest BCUT2D eigenvalue weighted by molar-refractivity contribution is 9.10. The fraction of sp³-hybridized carbons (Fsp3) is 0.188. The third-order valence-electron chi connectivity index (χ3n) is 2.85. The van der Waals surface area contributed by atoms with Gasteiger partial charge in [-0.05, 0) is 48.5 Å². The average Bonchev–Trinajstić information content (AvgIpc) is 2.47. The van der Waals surface area contributed by atoms with Gasteiger partial charge in [-0.1, -0.05) is 15.9 Å². The summed E-state index contributed by atoms with van der Waals surface area (Å²) in [6.07, 6.45) is 0. The van der Waals surface area contributed by atoms with Crippen molar-refractivity contribution in [1.29, 1.82) is 0 Å². The van der Waals surface area contributed by atoms with E-state index in [1.807, 2.05) is 67.5 Å². The molecule has 1 N–H and O–H groups in total. The number of halogens is 1. The molecule has 0 aliphatic carbocycles. The first-order chi connectivity index (χ1) is 10.0. The van der Waals surface area contributed by atoms with Crippen molar-refractivity contribution >= 4 is 45.0 Å². The van der Waals surface area contributed by atoms with Gasteiger partial charge in [0.25, 0.3) is 0 Å². The molecule has 0 fully saturated rings. The maximum atomic E-state index is 11.9. The highest BCUT2D eigenvalue weighted by Gasteiger charge is 2.04. The van der Waals surface area contributed by atoms with E-state index in [9.17, 15) is 4.79 Å². The molecule has 0 aromatic heterocycles. The minimum absolute atomic E-state index is 0.000483. The molecule has 0 saturated carbocycles. The Labute approximate surface area is 137 Å². The van der Waals surface area contributed by atoms with Gasteiger partial charge in [-0.3, -0.25) is 4.79 Å². The van der Waals surface area contributed by atoms with Gasteiger partial charge in [-0.2, -0.15) is 0 Å². The van der Waals surface area contributed by atoms with Crippen LogP contribution < -0.4 is 10.2 Å². The molecule has 0 atom stereocenters. The number of nitrogens with zero attached hydrogens (tertiary/aromatic N) is 1. The molecule has 0 heterocycles. The molecule has 1 amide bonds. The lowest BCUT2D eigenvalue weighted by Crippen LogP contribution is -2.14. The number of thioether (sulfide) groups is 1. The summed E-state index contributed by atoms with van der Waals surface area (Å²) in [5.41, 5.74) is 1.93. The lowest BCUT2D eigenvalue weighted by Gasteiger charge is -2.13. The Balaban J connectivity index is 1.85. The number of nitrogens with one attached hydrogen (secondary N) is 1. The number of amides is 1. The van der Waals surface area contributed by atoms with Crippen LogP contribution in [0.1, 0.15) is 0 Å². The third kappa shape index (κ3) is 5.10. The first-order valence-corrected chi connectivity index (χ1v) is 8.28. The van der Waals surface area contributed by atoms with Crippen molar-refractivity contribution in [2.75, 3.05) is 30.1 Å². The van der Waals surface area contributed by atoms with E-state index in [2.05, 4.69) is 21.2 Å². The van der Waals surface area contributed by atoms with E-state index in [1.165, 1.54) is 11.8 Å². The Bertz CT molecular complexity index is 597. The molecular weight excluding hydrogens is 348 g/mol. The van der Waals surface area contributed by atoms with E-state index in [0.29, 0.717) is 5.75 Å². The van der Waals surface area contributed by atoms with Gasteiger partial charge in [0.2, 0.25) is 5.91 Å². The van der Waals surface area contributed by atoms with Crippen molar-refractivity contribution in [3.8, 4) is 0 Å². The number of carbonyl (C=O) groups is 1. The molecule has 3 nitrogen and oxygen atoms in total. The number of rotatable bonds is 5. The Morgan fingerprint density at radius 3 is 2.29 bits per heavy atom. The standard InChI is InChI=1S/C16H17BrN2OS/c1-19(2)14-7-5-13(6-8-14)18-16(20)11-21-15-9-3-12(17)4-10-15/h3-10H,11H2,1-2H3,(H,18,20). The Morgan fingerprint density at radius 1 is 1.10 bits per heavy atom. The molecule has 0 bridgehead atoms. The van der Waals surface area contributed by atoms with Crippen LogP contribution in [0.25, 0.3) is 0 Å². The summed E-state index contributed by atoms with van der Waals surface area (Å²) in [4.78, 5) is 15.0. The second-order valence-corrected chi connectivity index (χ2v) is 6.70. The highest BCUT2D eigenvalue weighted by atomic mass is 79.9. The quantitative estimate of drug-likeness (QED) is 0.805. The summed E-state index contributed by atoms with van der Waals surface area (Å²) in [5.74, 6) is 0.400. The van der Waals surface area contributed by atoms with Crippen molar-refractivity contribution < 1.29 is 4.79 Å². The van der Waals surface area contributed by atoms with Crippen LogP contribution in [0.5, 0.6) is 0 Å². The minimum Gasteiger partial charge on any atom is -0.378 e. The molecule has 0 spiro atoms. The number of hydrogen-bond donors (Lipinski definition) is 1. The molecule has 0 aliphatic heterocycles. The topological polar surface area (TPSA) is 32.3 Å². The summed E-state index contributed by atoms with van der Waals surface area (Å²) in [5, 5.41) is 2.90. The number of carbonyl (C=O) groups excluding carboxylic acids is 1. The van der Waals surface area contributed by atoms with E-state index < -0.39 is 0 Å². The monoisotopic (exact) mass is 364 g/mol. The molecule has 5 heteroatoms. The van der Waals surface area contributed by atoms with E-state index in [1.54, 1.807) is 0 Å². The van der Waals surface area contributed by atoms with Crippen molar-refractivity contribution in [1.82, 2.24) is 0 Å². The van der Waals surface area contributed by atoms with Crippen LogP contribution in [-0.4, -0.2) is 25.8 Å². The molecule has 0 unspecified atom stereocenters. The summed E-state index contributed by atoms with van der Waals surface area (Å²) >= 11 is 4.92. The predicted molar refractivity (Wildman–Crippen MR) is 94.3 cm³/mol. The van der Waals surface area contributed by atoms with Gasteiger partial charge in [0.1, 0.15) is 0 Å². The van der Waals surface area contributed by atoms with Gasteiger partial charge >= 0.3 is 0 Å². The molecular formula is C16H17BrN2OS. The molecule has 0 saturated heterocycles. The third-order valence-corrected chi connectivity index (χ3v) is 4.39. The fourth-order valence-electron chi connectivity index (χ4n) is 1.72. The fourth-order valence-corrected chi connectivity index (χ4v) is 2.68. The van der Waals surface area contributed by atoms with Gasteiger partial charge in [0.15, 0.2) is 0 Å². The van der Waals surface area contributed by atoms with Gasteiger partial charge in [0, 0.05) is 34.8 Å². The molecule has 0 aliphatic rings. The zero-order valence-corrected chi connectivity index (χ0v) is 14.4. The van der Waals surface area contributed by atoms with E-state index >= 15 is 0 Å². The van der Waals surface area contributed by atoms with Crippen LogP contribution in [0.4, 0.5) is 11.4 Å². The van der Waals surface area contributed by atoms with Gasteiger partial charge in [0.05, 0.1) is 5.75 Å². The van der Waals surface area contributed by atoms with Gasteiger partial charge in [-0.15, -0.1) is 11.8 Å².